The second-order valence-electron chi connectivity index (χ2n) is 4.56. The second kappa shape index (κ2) is 4.33. The van der Waals surface area contributed by atoms with Gasteiger partial charge in [0.1, 0.15) is 5.78 Å². The molecule has 1 fully saturated rings. The summed E-state index contributed by atoms with van der Waals surface area (Å²) < 4.78 is 1.14. The minimum atomic E-state index is -0.0934. The predicted molar refractivity (Wildman–Crippen MR) is 69.5 cm³/mol. The lowest BCUT2D eigenvalue weighted by Gasteiger charge is -2.47. The monoisotopic (exact) mass is 280 g/mol. The summed E-state index contributed by atoms with van der Waals surface area (Å²) in [6.07, 6.45) is 2.62. The number of ketones is 1. The lowest BCUT2D eigenvalue weighted by atomic mass is 9.54. The van der Waals surface area contributed by atoms with Crippen LogP contribution in [0.2, 0.25) is 0 Å². The second-order valence-corrected chi connectivity index (χ2v) is 5.42. The van der Waals surface area contributed by atoms with Gasteiger partial charge in [0, 0.05) is 22.2 Å². The van der Waals surface area contributed by atoms with Crippen molar-refractivity contribution in [2.75, 3.05) is 0 Å². The van der Waals surface area contributed by atoms with E-state index in [1.807, 2.05) is 6.07 Å². The Balaban J connectivity index is 2.37. The van der Waals surface area contributed by atoms with Crippen LogP contribution in [-0.4, -0.2) is 5.78 Å². The average Bonchev–Trinajstić information content (AvgIpc) is 2.29. The number of carbonyl (C=O) groups is 1. The molecule has 0 saturated heterocycles. The van der Waals surface area contributed by atoms with E-state index < -0.39 is 0 Å². The van der Waals surface area contributed by atoms with Crippen LogP contribution in [-0.2, 0) is 4.79 Å². The van der Waals surface area contributed by atoms with Crippen LogP contribution >= 0.6 is 15.9 Å². The van der Waals surface area contributed by atoms with Crippen molar-refractivity contribution in [2.45, 2.75) is 39.0 Å². The molecule has 0 N–H and O–H groups in total. The molecule has 0 aliphatic heterocycles. The first kappa shape index (κ1) is 11.8. The molecule has 1 unspecified atom stereocenters. The first-order valence-electron chi connectivity index (χ1n) is 5.93. The van der Waals surface area contributed by atoms with Crippen molar-refractivity contribution in [3.8, 4) is 0 Å². The SMILES string of the molecule is CCC1(CC)C(=O)CC1c1ccccc1Br. The number of benzene rings is 1. The van der Waals surface area contributed by atoms with Crippen molar-refractivity contribution in [3.63, 3.8) is 0 Å². The van der Waals surface area contributed by atoms with Crippen LogP contribution in [0.25, 0.3) is 0 Å². The third-order valence-electron chi connectivity index (χ3n) is 4.15. The van der Waals surface area contributed by atoms with E-state index in [-0.39, 0.29) is 5.41 Å². The summed E-state index contributed by atoms with van der Waals surface area (Å²) in [4.78, 5) is 11.9. The van der Waals surface area contributed by atoms with Gasteiger partial charge in [-0.15, -0.1) is 0 Å². The van der Waals surface area contributed by atoms with E-state index in [9.17, 15) is 4.79 Å². The summed E-state index contributed by atoms with van der Waals surface area (Å²) in [6.45, 7) is 4.26. The van der Waals surface area contributed by atoms with Crippen molar-refractivity contribution in [2.24, 2.45) is 5.41 Å². The van der Waals surface area contributed by atoms with Crippen LogP contribution in [0.1, 0.15) is 44.6 Å². The van der Waals surface area contributed by atoms with Gasteiger partial charge in [0.05, 0.1) is 0 Å². The third-order valence-corrected chi connectivity index (χ3v) is 4.88. The van der Waals surface area contributed by atoms with Crippen LogP contribution in [0.4, 0.5) is 0 Å². The number of rotatable bonds is 3. The molecule has 1 aromatic carbocycles. The highest BCUT2D eigenvalue weighted by atomic mass is 79.9. The minimum absolute atomic E-state index is 0.0934. The zero-order valence-corrected chi connectivity index (χ0v) is 11.4. The van der Waals surface area contributed by atoms with Crippen LogP contribution in [0, 0.1) is 5.41 Å². The fourth-order valence-corrected chi connectivity index (χ4v) is 3.51. The summed E-state index contributed by atoms with van der Waals surface area (Å²) in [5.41, 5.74) is 1.20. The molecule has 2 heteroatoms. The molecule has 1 atom stereocenters. The van der Waals surface area contributed by atoms with E-state index in [0.29, 0.717) is 18.1 Å². The molecular formula is C14H17BrO. The largest absolute Gasteiger partial charge is 0.299 e. The van der Waals surface area contributed by atoms with E-state index >= 15 is 0 Å². The summed E-state index contributed by atoms with van der Waals surface area (Å²) >= 11 is 3.59. The average molecular weight is 281 g/mol. The number of hydrogen-bond donors (Lipinski definition) is 0. The molecule has 1 aromatic rings. The van der Waals surface area contributed by atoms with E-state index in [4.69, 9.17) is 0 Å². The normalized spacial score (nSPS) is 22.9. The van der Waals surface area contributed by atoms with Crippen LogP contribution in [0.15, 0.2) is 28.7 Å². The highest BCUT2D eigenvalue weighted by Crippen LogP contribution is 2.55. The predicted octanol–water partition coefficient (Wildman–Crippen LogP) is 4.31. The molecule has 0 aromatic heterocycles. The Morgan fingerprint density at radius 1 is 1.31 bits per heavy atom. The van der Waals surface area contributed by atoms with Gasteiger partial charge in [-0.05, 0) is 24.5 Å². The highest BCUT2D eigenvalue weighted by molar-refractivity contribution is 9.10. The zero-order valence-electron chi connectivity index (χ0n) is 9.79. The number of halogens is 1. The fraction of sp³-hybridized carbons (Fsp3) is 0.500. The van der Waals surface area contributed by atoms with E-state index in [1.165, 1.54) is 5.56 Å². The molecule has 1 aliphatic carbocycles. The van der Waals surface area contributed by atoms with Gasteiger partial charge in [-0.25, -0.2) is 0 Å². The molecule has 1 aliphatic rings. The van der Waals surface area contributed by atoms with Gasteiger partial charge in [0.15, 0.2) is 0 Å². The third kappa shape index (κ3) is 1.55. The molecule has 86 valence electrons. The van der Waals surface area contributed by atoms with Crippen molar-refractivity contribution >= 4 is 21.7 Å². The lowest BCUT2D eigenvalue weighted by Crippen LogP contribution is -2.47. The van der Waals surface area contributed by atoms with Gasteiger partial charge in [0.2, 0.25) is 0 Å². The Morgan fingerprint density at radius 3 is 2.44 bits per heavy atom. The first-order valence-corrected chi connectivity index (χ1v) is 6.72. The maximum atomic E-state index is 11.9. The summed E-state index contributed by atoms with van der Waals surface area (Å²) in [7, 11) is 0. The zero-order chi connectivity index (χ0) is 11.8. The molecule has 0 heterocycles. The Kier molecular flexibility index (Phi) is 3.20. The van der Waals surface area contributed by atoms with Gasteiger partial charge in [-0.2, -0.15) is 0 Å². The van der Waals surface area contributed by atoms with Gasteiger partial charge in [0.25, 0.3) is 0 Å². The van der Waals surface area contributed by atoms with Gasteiger partial charge >= 0.3 is 0 Å². The molecule has 1 saturated carbocycles. The topological polar surface area (TPSA) is 17.1 Å². The smallest absolute Gasteiger partial charge is 0.140 e. The van der Waals surface area contributed by atoms with Crippen LogP contribution in [0.5, 0.6) is 0 Å². The van der Waals surface area contributed by atoms with E-state index in [0.717, 1.165) is 17.3 Å². The highest BCUT2D eigenvalue weighted by Gasteiger charge is 2.52. The van der Waals surface area contributed by atoms with Crippen molar-refractivity contribution in [1.29, 1.82) is 0 Å². The summed E-state index contributed by atoms with van der Waals surface area (Å²) in [5.74, 6) is 0.851. The van der Waals surface area contributed by atoms with Crippen LogP contribution < -0.4 is 0 Å². The molecule has 1 nitrogen and oxygen atoms in total. The molecule has 0 bridgehead atoms. The van der Waals surface area contributed by atoms with E-state index in [1.54, 1.807) is 0 Å². The van der Waals surface area contributed by atoms with Crippen molar-refractivity contribution < 1.29 is 4.79 Å². The first-order chi connectivity index (χ1) is 7.65. The van der Waals surface area contributed by atoms with Crippen molar-refractivity contribution in [1.82, 2.24) is 0 Å². The standard InChI is InChI=1S/C14H17BrO/c1-3-14(4-2)11(9-13(14)16)10-7-5-6-8-12(10)15/h5-8,11H,3-4,9H2,1-2H3. The Hall–Kier alpha value is -0.630. The Bertz CT molecular complexity index is 407. The molecule has 0 radical (unpaired) electrons. The lowest BCUT2D eigenvalue weighted by molar-refractivity contribution is -0.141. The van der Waals surface area contributed by atoms with Gasteiger partial charge in [-0.1, -0.05) is 48.0 Å². The Labute approximate surface area is 105 Å². The van der Waals surface area contributed by atoms with Crippen molar-refractivity contribution in [3.05, 3.63) is 34.3 Å². The Morgan fingerprint density at radius 2 is 1.94 bits per heavy atom. The van der Waals surface area contributed by atoms with Gasteiger partial charge in [-0.3, -0.25) is 4.79 Å². The maximum absolute atomic E-state index is 11.9. The molecular weight excluding hydrogens is 264 g/mol. The van der Waals surface area contributed by atoms with Crippen LogP contribution in [0.3, 0.4) is 0 Å². The summed E-state index contributed by atoms with van der Waals surface area (Å²) in [6, 6.07) is 8.28. The quantitative estimate of drug-likeness (QED) is 0.806. The maximum Gasteiger partial charge on any atom is 0.140 e. The molecule has 2 rings (SSSR count). The minimum Gasteiger partial charge on any atom is -0.299 e. The summed E-state index contributed by atoms with van der Waals surface area (Å²) in [5, 5.41) is 0. The van der Waals surface area contributed by atoms with E-state index in [2.05, 4.69) is 48.0 Å². The number of carbonyl (C=O) groups excluding carboxylic acids is 1. The fourth-order valence-electron chi connectivity index (χ4n) is 2.95. The molecule has 0 amide bonds. The molecule has 16 heavy (non-hydrogen) atoms. The molecule has 0 spiro atoms. The number of Topliss-reactive ketones (excluding diaryl/α,β-unsaturated/α-hetero) is 1. The number of hydrogen-bond acceptors (Lipinski definition) is 1. The van der Waals surface area contributed by atoms with Gasteiger partial charge < -0.3 is 0 Å².